The summed E-state index contributed by atoms with van der Waals surface area (Å²) in [5.74, 6) is 2.17. The molecule has 0 aliphatic rings. The van der Waals surface area contributed by atoms with Gasteiger partial charge in [0.1, 0.15) is 11.6 Å². The first-order chi connectivity index (χ1) is 13.2. The van der Waals surface area contributed by atoms with Crippen LogP contribution in [-0.4, -0.2) is 27.6 Å². The third kappa shape index (κ3) is 5.17. The van der Waals surface area contributed by atoms with Crippen molar-refractivity contribution in [1.82, 2.24) is 15.0 Å². The van der Waals surface area contributed by atoms with Gasteiger partial charge in [0.2, 0.25) is 5.95 Å². The van der Waals surface area contributed by atoms with E-state index in [1.54, 1.807) is 12.4 Å². The van der Waals surface area contributed by atoms with E-state index in [-0.39, 0.29) is 6.04 Å². The van der Waals surface area contributed by atoms with Crippen LogP contribution in [0.4, 0.5) is 17.5 Å². The van der Waals surface area contributed by atoms with Gasteiger partial charge in [-0.15, -0.1) is 0 Å². The van der Waals surface area contributed by atoms with E-state index < -0.39 is 0 Å². The summed E-state index contributed by atoms with van der Waals surface area (Å²) in [5, 5.41) is 6.70. The standard InChI is InChI=1S/C21H25N5O/c1-4-15(3)23-21-25-19(16-7-6-12-22-14-16)13-20(26-21)24-17-8-10-18(11-9-17)27-5-2/h6-15H,4-5H2,1-3H3,(H2,23,24,25,26)/t15-/m0/s1. The number of benzene rings is 1. The highest BCUT2D eigenvalue weighted by Crippen LogP contribution is 2.24. The maximum absolute atomic E-state index is 5.49. The Morgan fingerprint density at radius 3 is 2.56 bits per heavy atom. The predicted molar refractivity (Wildman–Crippen MR) is 110 cm³/mol. The molecule has 1 aromatic carbocycles. The monoisotopic (exact) mass is 363 g/mol. The van der Waals surface area contributed by atoms with Crippen molar-refractivity contribution < 1.29 is 4.74 Å². The van der Waals surface area contributed by atoms with E-state index in [2.05, 4.69) is 39.4 Å². The minimum Gasteiger partial charge on any atom is -0.494 e. The number of ether oxygens (including phenoxy) is 1. The summed E-state index contributed by atoms with van der Waals surface area (Å²) in [6.07, 6.45) is 4.54. The van der Waals surface area contributed by atoms with Gasteiger partial charge in [0.05, 0.1) is 12.3 Å². The largest absolute Gasteiger partial charge is 0.494 e. The molecule has 0 fully saturated rings. The summed E-state index contributed by atoms with van der Waals surface area (Å²) in [4.78, 5) is 13.5. The smallest absolute Gasteiger partial charge is 0.225 e. The van der Waals surface area contributed by atoms with Crippen molar-refractivity contribution in [3.05, 3.63) is 54.9 Å². The molecule has 0 saturated carbocycles. The number of pyridine rings is 1. The zero-order valence-electron chi connectivity index (χ0n) is 15.9. The van der Waals surface area contributed by atoms with Gasteiger partial charge in [-0.25, -0.2) is 4.98 Å². The Hall–Kier alpha value is -3.15. The zero-order chi connectivity index (χ0) is 19.1. The van der Waals surface area contributed by atoms with E-state index in [0.717, 1.165) is 34.9 Å². The Labute approximate surface area is 160 Å². The fourth-order valence-corrected chi connectivity index (χ4v) is 2.51. The number of anilines is 3. The molecule has 0 bridgehead atoms. The van der Waals surface area contributed by atoms with Gasteiger partial charge in [0.15, 0.2) is 0 Å². The van der Waals surface area contributed by atoms with Crippen molar-refractivity contribution in [3.8, 4) is 17.0 Å². The van der Waals surface area contributed by atoms with Crippen LogP contribution in [-0.2, 0) is 0 Å². The minimum absolute atomic E-state index is 0.285. The molecule has 3 rings (SSSR count). The Kier molecular flexibility index (Phi) is 6.20. The van der Waals surface area contributed by atoms with Crippen LogP contribution < -0.4 is 15.4 Å². The summed E-state index contributed by atoms with van der Waals surface area (Å²) in [6.45, 7) is 6.86. The third-order valence-corrected chi connectivity index (χ3v) is 4.11. The number of hydrogen-bond acceptors (Lipinski definition) is 6. The Morgan fingerprint density at radius 2 is 1.89 bits per heavy atom. The Morgan fingerprint density at radius 1 is 1.07 bits per heavy atom. The van der Waals surface area contributed by atoms with Crippen LogP contribution in [0, 0.1) is 0 Å². The summed E-state index contributed by atoms with van der Waals surface area (Å²) in [6, 6.07) is 13.9. The van der Waals surface area contributed by atoms with E-state index in [9.17, 15) is 0 Å². The fourth-order valence-electron chi connectivity index (χ4n) is 2.51. The van der Waals surface area contributed by atoms with Gasteiger partial charge in [-0.05, 0) is 56.7 Å². The molecular formula is C21H25N5O. The topological polar surface area (TPSA) is 72.0 Å². The van der Waals surface area contributed by atoms with Crippen molar-refractivity contribution in [2.75, 3.05) is 17.2 Å². The second-order valence-corrected chi connectivity index (χ2v) is 6.24. The molecule has 0 radical (unpaired) electrons. The lowest BCUT2D eigenvalue weighted by molar-refractivity contribution is 0.340. The number of aromatic nitrogens is 3. The molecule has 0 saturated heterocycles. The molecule has 0 aliphatic carbocycles. The van der Waals surface area contributed by atoms with Crippen LogP contribution in [0.3, 0.4) is 0 Å². The van der Waals surface area contributed by atoms with Crippen LogP contribution >= 0.6 is 0 Å². The third-order valence-electron chi connectivity index (χ3n) is 4.11. The molecule has 6 nitrogen and oxygen atoms in total. The van der Waals surface area contributed by atoms with Crippen LogP contribution in [0.25, 0.3) is 11.3 Å². The van der Waals surface area contributed by atoms with Crippen LogP contribution in [0.15, 0.2) is 54.9 Å². The number of nitrogens with zero attached hydrogens (tertiary/aromatic N) is 3. The second kappa shape index (κ2) is 8.98. The van der Waals surface area contributed by atoms with E-state index >= 15 is 0 Å². The highest BCUT2D eigenvalue weighted by atomic mass is 16.5. The quantitative estimate of drug-likeness (QED) is 0.594. The summed E-state index contributed by atoms with van der Waals surface area (Å²) < 4.78 is 5.49. The highest BCUT2D eigenvalue weighted by Gasteiger charge is 2.09. The van der Waals surface area contributed by atoms with Crippen molar-refractivity contribution in [2.24, 2.45) is 0 Å². The number of hydrogen-bond donors (Lipinski definition) is 2. The molecule has 0 spiro atoms. The van der Waals surface area contributed by atoms with E-state index in [1.165, 1.54) is 0 Å². The molecule has 0 aliphatic heterocycles. The lowest BCUT2D eigenvalue weighted by Gasteiger charge is -2.14. The predicted octanol–water partition coefficient (Wildman–Crippen LogP) is 4.89. The molecule has 2 heterocycles. The fraction of sp³-hybridized carbons (Fsp3) is 0.286. The molecular weight excluding hydrogens is 338 g/mol. The lowest BCUT2D eigenvalue weighted by atomic mass is 10.2. The molecule has 6 heteroatoms. The molecule has 27 heavy (non-hydrogen) atoms. The average molecular weight is 363 g/mol. The van der Waals surface area contributed by atoms with Gasteiger partial charge in [-0.2, -0.15) is 4.98 Å². The number of nitrogens with one attached hydrogen (secondary N) is 2. The van der Waals surface area contributed by atoms with Gasteiger partial charge in [-0.3, -0.25) is 4.98 Å². The Bertz CT molecular complexity index is 852. The lowest BCUT2D eigenvalue weighted by Crippen LogP contribution is -2.16. The summed E-state index contributed by atoms with van der Waals surface area (Å²) in [7, 11) is 0. The van der Waals surface area contributed by atoms with Gasteiger partial charge < -0.3 is 15.4 Å². The number of rotatable bonds is 8. The highest BCUT2D eigenvalue weighted by molar-refractivity contribution is 5.67. The summed E-state index contributed by atoms with van der Waals surface area (Å²) >= 11 is 0. The molecule has 1 atom stereocenters. The van der Waals surface area contributed by atoms with Gasteiger partial charge in [-0.1, -0.05) is 6.92 Å². The molecule has 0 unspecified atom stereocenters. The van der Waals surface area contributed by atoms with Crippen molar-refractivity contribution in [2.45, 2.75) is 33.2 Å². The second-order valence-electron chi connectivity index (χ2n) is 6.24. The first-order valence-electron chi connectivity index (χ1n) is 9.23. The molecule has 2 N–H and O–H groups in total. The molecule has 2 aromatic heterocycles. The minimum atomic E-state index is 0.285. The van der Waals surface area contributed by atoms with E-state index in [4.69, 9.17) is 4.74 Å². The van der Waals surface area contributed by atoms with Crippen molar-refractivity contribution >= 4 is 17.5 Å². The van der Waals surface area contributed by atoms with E-state index in [0.29, 0.717) is 12.6 Å². The normalized spacial score (nSPS) is 11.7. The van der Waals surface area contributed by atoms with E-state index in [1.807, 2.05) is 49.4 Å². The van der Waals surface area contributed by atoms with Gasteiger partial charge in [0.25, 0.3) is 0 Å². The van der Waals surface area contributed by atoms with Crippen LogP contribution in [0.5, 0.6) is 5.75 Å². The zero-order valence-corrected chi connectivity index (χ0v) is 15.9. The SMILES string of the molecule is CCOc1ccc(Nc2cc(-c3cccnc3)nc(N[C@@H](C)CC)n2)cc1. The van der Waals surface area contributed by atoms with Crippen molar-refractivity contribution in [3.63, 3.8) is 0 Å². The molecule has 3 aromatic rings. The molecule has 0 amide bonds. The van der Waals surface area contributed by atoms with Crippen LogP contribution in [0.2, 0.25) is 0 Å². The first kappa shape index (κ1) is 18.6. The molecule has 140 valence electrons. The van der Waals surface area contributed by atoms with Gasteiger partial charge >= 0.3 is 0 Å². The maximum Gasteiger partial charge on any atom is 0.225 e. The van der Waals surface area contributed by atoms with Crippen molar-refractivity contribution in [1.29, 1.82) is 0 Å². The average Bonchev–Trinajstić information content (AvgIpc) is 2.70. The maximum atomic E-state index is 5.49. The van der Waals surface area contributed by atoms with Gasteiger partial charge in [0, 0.05) is 35.8 Å². The Balaban J connectivity index is 1.89. The van der Waals surface area contributed by atoms with Crippen LogP contribution in [0.1, 0.15) is 27.2 Å². The first-order valence-corrected chi connectivity index (χ1v) is 9.23. The summed E-state index contributed by atoms with van der Waals surface area (Å²) in [5.41, 5.74) is 2.70.